The Hall–Kier alpha value is -0.0800. The second-order valence-corrected chi connectivity index (χ2v) is 3.28. The summed E-state index contributed by atoms with van der Waals surface area (Å²) in [4.78, 5) is 0. The van der Waals surface area contributed by atoms with Crippen LogP contribution < -0.4 is 0 Å². The first-order chi connectivity index (χ1) is 4.61. The second kappa shape index (κ2) is 2.89. The van der Waals surface area contributed by atoms with Gasteiger partial charge < -0.3 is 0 Å². The molecule has 0 saturated carbocycles. The van der Waals surface area contributed by atoms with Crippen molar-refractivity contribution in [3.05, 3.63) is 33.0 Å². The highest BCUT2D eigenvalue weighted by atomic mass is 79.9. The largest absolute Gasteiger partial charge is 0.206 e. The fraction of sp³-hybridized carbons (Fsp3) is 0.143. The molecular formula is C7H5BrClF. The maximum absolute atomic E-state index is 12.7. The molecule has 0 spiro atoms. The third-order valence-corrected chi connectivity index (χ3v) is 2.22. The van der Waals surface area contributed by atoms with Crippen molar-refractivity contribution in [3.8, 4) is 0 Å². The van der Waals surface area contributed by atoms with Gasteiger partial charge in [-0.25, -0.2) is 4.39 Å². The zero-order chi connectivity index (χ0) is 7.72. The van der Waals surface area contributed by atoms with Gasteiger partial charge in [0.2, 0.25) is 0 Å². The van der Waals surface area contributed by atoms with E-state index in [1.807, 2.05) is 0 Å². The molecule has 0 amide bonds. The highest BCUT2D eigenvalue weighted by molar-refractivity contribution is 9.10. The van der Waals surface area contributed by atoms with Gasteiger partial charge in [-0.15, -0.1) is 0 Å². The van der Waals surface area contributed by atoms with Crippen LogP contribution in [-0.2, 0) is 0 Å². The summed E-state index contributed by atoms with van der Waals surface area (Å²) in [5.41, 5.74) is 0.752. The molecular weight excluding hydrogens is 218 g/mol. The van der Waals surface area contributed by atoms with Crippen molar-refractivity contribution >= 4 is 27.5 Å². The normalized spacial score (nSPS) is 10.0. The number of benzene rings is 1. The smallest absolute Gasteiger partial charge is 0.137 e. The third kappa shape index (κ3) is 1.50. The van der Waals surface area contributed by atoms with Crippen LogP contribution in [0.25, 0.3) is 0 Å². The minimum Gasteiger partial charge on any atom is -0.206 e. The van der Waals surface area contributed by atoms with Crippen molar-refractivity contribution in [2.45, 2.75) is 6.92 Å². The molecule has 0 nitrogen and oxygen atoms in total. The van der Waals surface area contributed by atoms with Crippen LogP contribution in [0.5, 0.6) is 0 Å². The van der Waals surface area contributed by atoms with E-state index in [1.165, 1.54) is 6.07 Å². The van der Waals surface area contributed by atoms with E-state index in [-0.39, 0.29) is 5.82 Å². The number of hydrogen-bond donors (Lipinski definition) is 0. The topological polar surface area (TPSA) is 0 Å². The van der Waals surface area contributed by atoms with Crippen LogP contribution in [0.3, 0.4) is 0 Å². The van der Waals surface area contributed by atoms with Crippen molar-refractivity contribution in [1.82, 2.24) is 0 Å². The zero-order valence-corrected chi connectivity index (χ0v) is 7.63. The Bertz CT molecular complexity index is 210. The Labute approximate surface area is 72.1 Å². The summed E-state index contributed by atoms with van der Waals surface area (Å²) in [5.74, 6) is -0.276. The van der Waals surface area contributed by atoms with Gasteiger partial charge >= 0.3 is 0 Å². The molecule has 1 rings (SSSR count). The van der Waals surface area contributed by atoms with Crippen LogP contribution in [0.15, 0.2) is 16.6 Å². The van der Waals surface area contributed by atoms with Gasteiger partial charge in [-0.05, 0) is 40.5 Å². The molecule has 0 atom stereocenters. The van der Waals surface area contributed by atoms with Gasteiger partial charge in [-0.2, -0.15) is 0 Å². The first kappa shape index (κ1) is 8.02. The van der Waals surface area contributed by atoms with Crippen molar-refractivity contribution < 1.29 is 4.39 Å². The summed E-state index contributed by atoms with van der Waals surface area (Å²) >= 11 is 8.71. The van der Waals surface area contributed by atoms with Crippen LogP contribution in [0.4, 0.5) is 4.39 Å². The summed E-state index contributed by atoms with van der Waals surface area (Å²) in [6.07, 6.45) is 0. The van der Waals surface area contributed by atoms with Crippen LogP contribution in [0, 0.1) is 12.7 Å². The molecule has 10 heavy (non-hydrogen) atoms. The summed E-state index contributed by atoms with van der Waals surface area (Å²) in [6.45, 7) is 1.76. The van der Waals surface area contributed by atoms with E-state index in [0.29, 0.717) is 9.50 Å². The number of hydrogen-bond acceptors (Lipinski definition) is 0. The molecule has 0 N–H and O–H groups in total. The fourth-order valence-corrected chi connectivity index (χ4v) is 1.26. The van der Waals surface area contributed by atoms with Gasteiger partial charge in [0.1, 0.15) is 5.82 Å². The molecule has 0 unspecified atom stereocenters. The third-order valence-electron chi connectivity index (χ3n) is 1.20. The lowest BCUT2D eigenvalue weighted by Gasteiger charge is -1.98. The molecule has 0 fully saturated rings. The molecule has 1 aromatic rings. The Kier molecular flexibility index (Phi) is 2.32. The van der Waals surface area contributed by atoms with E-state index in [1.54, 1.807) is 13.0 Å². The Morgan fingerprint density at radius 3 is 2.60 bits per heavy atom. The number of rotatable bonds is 0. The maximum Gasteiger partial charge on any atom is 0.137 e. The summed E-state index contributed by atoms with van der Waals surface area (Å²) in [6, 6.07) is 2.94. The molecule has 0 saturated heterocycles. The Balaban J connectivity index is 3.28. The molecule has 0 aliphatic heterocycles. The van der Waals surface area contributed by atoms with E-state index >= 15 is 0 Å². The molecule has 0 heterocycles. The van der Waals surface area contributed by atoms with Gasteiger partial charge in [-0.1, -0.05) is 11.6 Å². The predicted octanol–water partition coefficient (Wildman–Crippen LogP) is 3.55. The molecule has 1 aromatic carbocycles. The van der Waals surface area contributed by atoms with Crippen LogP contribution >= 0.6 is 27.5 Å². The Morgan fingerprint density at radius 1 is 1.50 bits per heavy atom. The monoisotopic (exact) mass is 222 g/mol. The number of halogens is 3. The standard InChI is InChI=1S/C7H5BrClF/c1-4-2-7(10)5(8)3-6(4)9/h2-3H,1H3. The summed E-state index contributed by atoms with van der Waals surface area (Å²) in [5, 5.41) is 0.577. The van der Waals surface area contributed by atoms with E-state index in [0.717, 1.165) is 5.56 Å². The zero-order valence-electron chi connectivity index (χ0n) is 5.29. The quantitative estimate of drug-likeness (QED) is 0.590. The first-order valence-corrected chi connectivity index (χ1v) is 3.89. The molecule has 0 aromatic heterocycles. The SMILES string of the molecule is Cc1cc(F)c(Br)cc1Cl. The van der Waals surface area contributed by atoms with Crippen LogP contribution in [0.1, 0.15) is 5.56 Å². The lowest BCUT2D eigenvalue weighted by Crippen LogP contribution is -1.80. The highest BCUT2D eigenvalue weighted by Crippen LogP contribution is 2.23. The molecule has 0 bridgehead atoms. The van der Waals surface area contributed by atoms with Crippen LogP contribution in [-0.4, -0.2) is 0 Å². The molecule has 0 aliphatic rings. The van der Waals surface area contributed by atoms with Gasteiger partial charge in [0, 0.05) is 5.02 Å². The predicted molar refractivity (Wildman–Crippen MR) is 43.8 cm³/mol. The summed E-state index contributed by atoms with van der Waals surface area (Å²) in [7, 11) is 0. The van der Waals surface area contributed by atoms with Gasteiger partial charge in [0.15, 0.2) is 0 Å². The van der Waals surface area contributed by atoms with Crippen molar-refractivity contribution in [3.63, 3.8) is 0 Å². The van der Waals surface area contributed by atoms with E-state index in [2.05, 4.69) is 15.9 Å². The molecule has 54 valence electrons. The molecule has 0 radical (unpaired) electrons. The lowest BCUT2D eigenvalue weighted by molar-refractivity contribution is 0.620. The highest BCUT2D eigenvalue weighted by Gasteiger charge is 2.01. The van der Waals surface area contributed by atoms with Crippen LogP contribution in [0.2, 0.25) is 5.02 Å². The molecule has 0 aliphatic carbocycles. The Morgan fingerprint density at radius 2 is 2.10 bits per heavy atom. The average Bonchev–Trinajstić information content (AvgIpc) is 1.84. The van der Waals surface area contributed by atoms with Crippen molar-refractivity contribution in [2.75, 3.05) is 0 Å². The van der Waals surface area contributed by atoms with E-state index in [4.69, 9.17) is 11.6 Å². The minimum atomic E-state index is -0.276. The van der Waals surface area contributed by atoms with E-state index < -0.39 is 0 Å². The second-order valence-electron chi connectivity index (χ2n) is 2.02. The first-order valence-electron chi connectivity index (χ1n) is 2.72. The van der Waals surface area contributed by atoms with E-state index in [9.17, 15) is 4.39 Å². The average molecular weight is 223 g/mol. The van der Waals surface area contributed by atoms with Gasteiger partial charge in [0.05, 0.1) is 4.47 Å². The lowest BCUT2D eigenvalue weighted by atomic mass is 10.2. The van der Waals surface area contributed by atoms with Crippen molar-refractivity contribution in [2.24, 2.45) is 0 Å². The fourth-order valence-electron chi connectivity index (χ4n) is 0.622. The maximum atomic E-state index is 12.7. The minimum absolute atomic E-state index is 0.276. The summed E-state index contributed by atoms with van der Waals surface area (Å²) < 4.78 is 13.1. The number of aryl methyl sites for hydroxylation is 1. The van der Waals surface area contributed by atoms with Gasteiger partial charge in [0.25, 0.3) is 0 Å². The van der Waals surface area contributed by atoms with Crippen molar-refractivity contribution in [1.29, 1.82) is 0 Å². The molecule has 3 heteroatoms. The van der Waals surface area contributed by atoms with Gasteiger partial charge in [-0.3, -0.25) is 0 Å².